The standard InChI is InChI=1S/C15H23FN2O/c1-3-13-11-18(7-8-19-13)15-6-5-12(9-14(15)16)10-17-4-2/h5-6,9,13,17H,3-4,7-8,10-11H2,1-2H3. The highest BCUT2D eigenvalue weighted by Gasteiger charge is 2.21. The van der Waals surface area contributed by atoms with Crippen molar-refractivity contribution in [3.05, 3.63) is 29.6 Å². The summed E-state index contributed by atoms with van der Waals surface area (Å²) in [5.41, 5.74) is 1.69. The van der Waals surface area contributed by atoms with Crippen LogP contribution in [-0.2, 0) is 11.3 Å². The van der Waals surface area contributed by atoms with Crippen molar-refractivity contribution in [2.75, 3.05) is 31.1 Å². The molecule has 0 aliphatic carbocycles. The summed E-state index contributed by atoms with van der Waals surface area (Å²) in [5, 5.41) is 3.21. The van der Waals surface area contributed by atoms with Crippen molar-refractivity contribution in [3.8, 4) is 0 Å². The second-order valence-corrected chi connectivity index (χ2v) is 4.91. The average molecular weight is 266 g/mol. The molecule has 19 heavy (non-hydrogen) atoms. The van der Waals surface area contributed by atoms with E-state index in [2.05, 4.69) is 17.1 Å². The number of anilines is 1. The lowest BCUT2D eigenvalue weighted by atomic mass is 10.1. The molecular formula is C15H23FN2O. The summed E-state index contributed by atoms with van der Waals surface area (Å²) < 4.78 is 19.8. The molecule has 0 bridgehead atoms. The molecule has 1 N–H and O–H groups in total. The molecule has 1 aliphatic rings. The fourth-order valence-electron chi connectivity index (χ4n) is 2.37. The van der Waals surface area contributed by atoms with Gasteiger partial charge >= 0.3 is 0 Å². The maximum atomic E-state index is 14.2. The molecule has 0 saturated carbocycles. The largest absolute Gasteiger partial charge is 0.375 e. The normalized spacial score (nSPS) is 19.7. The van der Waals surface area contributed by atoms with Crippen LogP contribution in [0.25, 0.3) is 0 Å². The van der Waals surface area contributed by atoms with Crippen LogP contribution in [-0.4, -0.2) is 32.3 Å². The SMILES string of the molecule is CCNCc1ccc(N2CCOC(CC)C2)c(F)c1. The lowest BCUT2D eigenvalue weighted by Gasteiger charge is -2.34. The topological polar surface area (TPSA) is 24.5 Å². The van der Waals surface area contributed by atoms with Gasteiger partial charge in [0.25, 0.3) is 0 Å². The number of benzene rings is 1. The Morgan fingerprint density at radius 1 is 1.42 bits per heavy atom. The summed E-state index contributed by atoms with van der Waals surface area (Å²) in [4.78, 5) is 2.09. The molecular weight excluding hydrogens is 243 g/mol. The summed E-state index contributed by atoms with van der Waals surface area (Å²) in [6.07, 6.45) is 1.19. The second kappa shape index (κ2) is 6.87. The third-order valence-corrected chi connectivity index (χ3v) is 3.53. The number of morpholine rings is 1. The Labute approximate surface area is 114 Å². The van der Waals surface area contributed by atoms with Gasteiger partial charge in [-0.15, -0.1) is 0 Å². The number of halogens is 1. The van der Waals surface area contributed by atoms with Gasteiger partial charge in [0.1, 0.15) is 5.82 Å². The van der Waals surface area contributed by atoms with Gasteiger partial charge in [-0.3, -0.25) is 0 Å². The first-order chi connectivity index (χ1) is 9.24. The summed E-state index contributed by atoms with van der Waals surface area (Å²) in [5.74, 6) is -0.132. The Morgan fingerprint density at radius 3 is 2.95 bits per heavy atom. The number of nitrogens with one attached hydrogen (secondary N) is 1. The van der Waals surface area contributed by atoms with Gasteiger partial charge in [0.2, 0.25) is 0 Å². The van der Waals surface area contributed by atoms with E-state index in [4.69, 9.17) is 4.74 Å². The minimum Gasteiger partial charge on any atom is -0.375 e. The van der Waals surface area contributed by atoms with Crippen molar-refractivity contribution < 1.29 is 9.13 Å². The summed E-state index contributed by atoms with van der Waals surface area (Å²) in [6, 6.07) is 5.52. The van der Waals surface area contributed by atoms with Gasteiger partial charge in [-0.05, 0) is 30.7 Å². The third-order valence-electron chi connectivity index (χ3n) is 3.53. The number of hydrogen-bond donors (Lipinski definition) is 1. The number of rotatable bonds is 5. The fraction of sp³-hybridized carbons (Fsp3) is 0.600. The maximum absolute atomic E-state index is 14.2. The Hall–Kier alpha value is -1.13. The molecule has 1 fully saturated rings. The van der Waals surface area contributed by atoms with E-state index in [-0.39, 0.29) is 11.9 Å². The van der Waals surface area contributed by atoms with Gasteiger partial charge in [0.05, 0.1) is 18.4 Å². The lowest BCUT2D eigenvalue weighted by Crippen LogP contribution is -2.42. The quantitative estimate of drug-likeness (QED) is 0.886. The molecule has 0 radical (unpaired) electrons. The molecule has 4 heteroatoms. The molecule has 1 unspecified atom stereocenters. The van der Waals surface area contributed by atoms with Gasteiger partial charge in [0, 0.05) is 19.6 Å². The fourth-order valence-corrected chi connectivity index (χ4v) is 2.37. The zero-order chi connectivity index (χ0) is 13.7. The molecule has 0 aromatic heterocycles. The highest BCUT2D eigenvalue weighted by molar-refractivity contribution is 5.49. The van der Waals surface area contributed by atoms with Gasteiger partial charge in [-0.1, -0.05) is 19.9 Å². The van der Waals surface area contributed by atoms with E-state index in [1.807, 2.05) is 19.1 Å². The molecule has 1 heterocycles. The highest BCUT2D eigenvalue weighted by Crippen LogP contribution is 2.23. The summed E-state index contributed by atoms with van der Waals surface area (Å²) >= 11 is 0. The van der Waals surface area contributed by atoms with E-state index in [1.54, 1.807) is 6.07 Å². The van der Waals surface area contributed by atoms with Crippen LogP contribution in [0.3, 0.4) is 0 Å². The second-order valence-electron chi connectivity index (χ2n) is 4.91. The van der Waals surface area contributed by atoms with Crippen LogP contribution in [0.1, 0.15) is 25.8 Å². The van der Waals surface area contributed by atoms with Crippen LogP contribution < -0.4 is 10.2 Å². The van der Waals surface area contributed by atoms with Crippen LogP contribution in [0, 0.1) is 5.82 Å². The molecule has 0 amide bonds. The van der Waals surface area contributed by atoms with E-state index in [0.29, 0.717) is 18.8 Å². The first kappa shape index (κ1) is 14.3. The Balaban J connectivity index is 2.07. The molecule has 1 aromatic rings. The van der Waals surface area contributed by atoms with Gasteiger partial charge in [-0.2, -0.15) is 0 Å². The summed E-state index contributed by atoms with van der Waals surface area (Å²) in [7, 11) is 0. The van der Waals surface area contributed by atoms with Crippen molar-refractivity contribution in [1.29, 1.82) is 0 Å². The predicted molar refractivity (Wildman–Crippen MR) is 76.0 cm³/mol. The molecule has 1 atom stereocenters. The number of nitrogens with zero attached hydrogens (tertiary/aromatic N) is 1. The number of ether oxygens (including phenoxy) is 1. The molecule has 106 valence electrons. The third kappa shape index (κ3) is 3.67. The first-order valence-electron chi connectivity index (χ1n) is 7.10. The Kier molecular flexibility index (Phi) is 5.16. The molecule has 0 spiro atoms. The highest BCUT2D eigenvalue weighted by atomic mass is 19.1. The van der Waals surface area contributed by atoms with Crippen molar-refractivity contribution in [2.45, 2.75) is 32.9 Å². The minimum absolute atomic E-state index is 0.132. The molecule has 2 rings (SSSR count). The number of hydrogen-bond acceptors (Lipinski definition) is 3. The predicted octanol–water partition coefficient (Wildman–Crippen LogP) is 2.55. The summed E-state index contributed by atoms with van der Waals surface area (Å²) in [6.45, 7) is 7.98. The van der Waals surface area contributed by atoms with E-state index >= 15 is 0 Å². The van der Waals surface area contributed by atoms with E-state index in [9.17, 15) is 4.39 Å². The van der Waals surface area contributed by atoms with Gasteiger partial charge in [0.15, 0.2) is 0 Å². The average Bonchev–Trinajstić information content (AvgIpc) is 2.45. The van der Waals surface area contributed by atoms with E-state index in [1.165, 1.54) is 0 Å². The monoisotopic (exact) mass is 266 g/mol. The van der Waals surface area contributed by atoms with Crippen LogP contribution in [0.2, 0.25) is 0 Å². The molecule has 1 aliphatic heterocycles. The van der Waals surface area contributed by atoms with Crippen molar-refractivity contribution in [1.82, 2.24) is 5.32 Å². The van der Waals surface area contributed by atoms with Crippen LogP contribution in [0.5, 0.6) is 0 Å². The minimum atomic E-state index is -0.132. The Morgan fingerprint density at radius 2 is 2.26 bits per heavy atom. The molecule has 1 aromatic carbocycles. The Bertz CT molecular complexity index is 411. The van der Waals surface area contributed by atoms with Crippen LogP contribution >= 0.6 is 0 Å². The zero-order valence-electron chi connectivity index (χ0n) is 11.8. The van der Waals surface area contributed by atoms with Gasteiger partial charge in [-0.25, -0.2) is 4.39 Å². The van der Waals surface area contributed by atoms with Crippen molar-refractivity contribution in [2.24, 2.45) is 0 Å². The lowest BCUT2D eigenvalue weighted by molar-refractivity contribution is 0.0382. The zero-order valence-corrected chi connectivity index (χ0v) is 11.8. The molecule has 1 saturated heterocycles. The first-order valence-corrected chi connectivity index (χ1v) is 7.10. The van der Waals surface area contributed by atoms with E-state index in [0.717, 1.165) is 31.6 Å². The smallest absolute Gasteiger partial charge is 0.146 e. The van der Waals surface area contributed by atoms with Crippen molar-refractivity contribution in [3.63, 3.8) is 0 Å². The van der Waals surface area contributed by atoms with Crippen LogP contribution in [0.15, 0.2) is 18.2 Å². The van der Waals surface area contributed by atoms with Gasteiger partial charge < -0.3 is 15.0 Å². The maximum Gasteiger partial charge on any atom is 0.146 e. The van der Waals surface area contributed by atoms with Crippen molar-refractivity contribution >= 4 is 5.69 Å². The van der Waals surface area contributed by atoms with Crippen LogP contribution in [0.4, 0.5) is 10.1 Å². The van der Waals surface area contributed by atoms with E-state index < -0.39 is 0 Å². The molecule has 3 nitrogen and oxygen atoms in total.